The monoisotopic (exact) mass is 374 g/mol. The molecule has 134 valence electrons. The number of non-ortho nitro benzene ring substituents is 1. The third kappa shape index (κ3) is 4.02. The van der Waals surface area contributed by atoms with Crippen molar-refractivity contribution in [1.29, 1.82) is 0 Å². The number of halogens is 3. The van der Waals surface area contributed by atoms with Crippen LogP contribution in [0.5, 0.6) is 5.75 Å². The second kappa shape index (κ2) is 7.43. The number of nitrogens with zero attached hydrogens (tertiary/aromatic N) is 3. The first kappa shape index (κ1) is 18.6. The highest BCUT2D eigenvalue weighted by molar-refractivity contribution is 6.31. The molecule has 1 N–H and O–H groups in total. The number of alkyl halides is 2. The van der Waals surface area contributed by atoms with Gasteiger partial charge in [-0.3, -0.25) is 19.6 Å². The molecule has 1 aromatic heterocycles. The maximum absolute atomic E-state index is 12.8. The van der Waals surface area contributed by atoms with E-state index < -0.39 is 22.9 Å². The Hall–Kier alpha value is -2.75. The molecule has 1 amide bonds. The number of nitro groups is 1. The fourth-order valence-electron chi connectivity index (χ4n) is 2.06. The van der Waals surface area contributed by atoms with E-state index in [0.717, 1.165) is 10.7 Å². The van der Waals surface area contributed by atoms with Crippen molar-refractivity contribution in [3.05, 3.63) is 44.7 Å². The highest BCUT2D eigenvalue weighted by Gasteiger charge is 2.22. The van der Waals surface area contributed by atoms with E-state index in [1.807, 2.05) is 0 Å². The van der Waals surface area contributed by atoms with Gasteiger partial charge in [-0.2, -0.15) is 5.10 Å². The lowest BCUT2D eigenvalue weighted by atomic mass is 10.2. The highest BCUT2D eigenvalue weighted by Crippen LogP contribution is 2.30. The summed E-state index contributed by atoms with van der Waals surface area (Å²) in [5, 5.41) is 16.7. The predicted octanol–water partition coefficient (Wildman–Crippen LogP) is 3.34. The first-order valence-electron chi connectivity index (χ1n) is 6.87. The van der Waals surface area contributed by atoms with E-state index in [9.17, 15) is 23.7 Å². The van der Waals surface area contributed by atoms with Crippen molar-refractivity contribution in [1.82, 2.24) is 9.78 Å². The summed E-state index contributed by atoms with van der Waals surface area (Å²) in [6.45, 7) is 1.10. The number of carbonyl (C=O) groups is 1. The van der Waals surface area contributed by atoms with Crippen LogP contribution in [-0.2, 0) is 11.3 Å². The number of carbonyl (C=O) groups excluding carboxylic acids is 1. The third-order valence-electron chi connectivity index (χ3n) is 3.33. The lowest BCUT2D eigenvalue weighted by Crippen LogP contribution is -2.20. The van der Waals surface area contributed by atoms with Gasteiger partial charge in [0.25, 0.3) is 12.1 Å². The van der Waals surface area contributed by atoms with Crippen LogP contribution in [0.2, 0.25) is 5.02 Å². The van der Waals surface area contributed by atoms with Crippen LogP contribution < -0.4 is 10.1 Å². The Balaban J connectivity index is 2.18. The predicted molar refractivity (Wildman–Crippen MR) is 85.2 cm³/mol. The average Bonchev–Trinajstić information content (AvgIpc) is 2.83. The summed E-state index contributed by atoms with van der Waals surface area (Å²) < 4.78 is 31.6. The lowest BCUT2D eigenvalue weighted by molar-refractivity contribution is -0.384. The zero-order chi connectivity index (χ0) is 18.7. The van der Waals surface area contributed by atoms with Gasteiger partial charge in [0.2, 0.25) is 5.91 Å². The number of hydrogen-bond donors (Lipinski definition) is 1. The van der Waals surface area contributed by atoms with Crippen LogP contribution in [0.1, 0.15) is 17.8 Å². The van der Waals surface area contributed by atoms with Crippen LogP contribution in [0.4, 0.5) is 20.2 Å². The van der Waals surface area contributed by atoms with Crippen molar-refractivity contribution in [2.75, 3.05) is 12.4 Å². The number of hydrogen-bond acceptors (Lipinski definition) is 5. The fourth-order valence-corrected chi connectivity index (χ4v) is 2.28. The Labute approximate surface area is 145 Å². The van der Waals surface area contributed by atoms with Crippen molar-refractivity contribution in [2.24, 2.45) is 0 Å². The summed E-state index contributed by atoms with van der Waals surface area (Å²) >= 11 is 5.77. The molecule has 2 rings (SSSR count). The van der Waals surface area contributed by atoms with Gasteiger partial charge >= 0.3 is 0 Å². The summed E-state index contributed by atoms with van der Waals surface area (Å²) in [4.78, 5) is 22.3. The number of anilines is 1. The van der Waals surface area contributed by atoms with E-state index in [4.69, 9.17) is 16.3 Å². The number of rotatable bonds is 6. The largest absolute Gasteiger partial charge is 0.494 e. The first-order chi connectivity index (χ1) is 11.7. The number of nitro benzene ring substituents is 1. The average molecular weight is 375 g/mol. The van der Waals surface area contributed by atoms with Crippen molar-refractivity contribution < 1.29 is 23.2 Å². The standard InChI is InChI=1S/C14H13ClF2N4O4/c1-7-12(15)13(14(16)17)19-20(7)6-11(22)18-9-4-3-8(21(23)24)5-10(9)25-2/h3-5,14H,6H2,1-2H3,(H,18,22). The number of benzene rings is 1. The molecule has 0 aliphatic rings. The van der Waals surface area contributed by atoms with Crippen LogP contribution in [0.3, 0.4) is 0 Å². The zero-order valence-electron chi connectivity index (χ0n) is 13.1. The van der Waals surface area contributed by atoms with E-state index in [-0.39, 0.29) is 34.4 Å². The molecule has 0 aliphatic heterocycles. The van der Waals surface area contributed by atoms with Crippen LogP contribution in [0.15, 0.2) is 18.2 Å². The summed E-state index contributed by atoms with van der Waals surface area (Å²) in [6.07, 6.45) is -2.86. The normalized spacial score (nSPS) is 10.8. The maximum Gasteiger partial charge on any atom is 0.283 e. The minimum atomic E-state index is -2.86. The van der Waals surface area contributed by atoms with E-state index in [1.165, 1.54) is 26.2 Å². The Kier molecular flexibility index (Phi) is 5.52. The zero-order valence-corrected chi connectivity index (χ0v) is 13.9. The molecule has 11 heteroatoms. The molecule has 0 spiro atoms. The van der Waals surface area contributed by atoms with E-state index in [1.54, 1.807) is 0 Å². The van der Waals surface area contributed by atoms with Crippen LogP contribution >= 0.6 is 11.6 Å². The molecule has 0 fully saturated rings. The summed E-state index contributed by atoms with van der Waals surface area (Å²) in [5.74, 6) is -0.499. The lowest BCUT2D eigenvalue weighted by Gasteiger charge is -2.10. The molecule has 0 saturated carbocycles. The van der Waals surface area contributed by atoms with E-state index in [0.29, 0.717) is 0 Å². The molecule has 0 radical (unpaired) electrons. The molecule has 2 aromatic rings. The highest BCUT2D eigenvalue weighted by atomic mass is 35.5. The van der Waals surface area contributed by atoms with Gasteiger partial charge < -0.3 is 10.1 Å². The minimum absolute atomic E-state index is 0.0889. The summed E-state index contributed by atoms with van der Waals surface area (Å²) in [7, 11) is 1.29. The molecule has 0 atom stereocenters. The molecule has 0 saturated heterocycles. The van der Waals surface area contributed by atoms with Crippen molar-refractivity contribution in [3.63, 3.8) is 0 Å². The molecule has 0 aliphatic carbocycles. The maximum atomic E-state index is 12.8. The van der Waals surface area contributed by atoms with Crippen LogP contribution in [0, 0.1) is 17.0 Å². The first-order valence-corrected chi connectivity index (χ1v) is 7.25. The van der Waals surface area contributed by atoms with Crippen LogP contribution in [-0.4, -0.2) is 27.7 Å². The van der Waals surface area contributed by atoms with Gasteiger partial charge in [0.15, 0.2) is 0 Å². The van der Waals surface area contributed by atoms with Gasteiger partial charge in [0, 0.05) is 6.07 Å². The number of aromatic nitrogens is 2. The van der Waals surface area contributed by atoms with E-state index in [2.05, 4.69) is 10.4 Å². The minimum Gasteiger partial charge on any atom is -0.494 e. The van der Waals surface area contributed by atoms with Gasteiger partial charge in [0.05, 0.1) is 34.5 Å². The topological polar surface area (TPSA) is 99.3 Å². The van der Waals surface area contributed by atoms with Gasteiger partial charge in [-0.25, -0.2) is 8.78 Å². The Morgan fingerprint density at radius 3 is 2.72 bits per heavy atom. The van der Waals surface area contributed by atoms with E-state index >= 15 is 0 Å². The molecule has 25 heavy (non-hydrogen) atoms. The SMILES string of the molecule is COc1cc([N+](=O)[O-])ccc1NC(=O)Cn1nc(C(F)F)c(Cl)c1C. The number of amides is 1. The molecule has 1 aromatic carbocycles. The van der Waals surface area contributed by atoms with Gasteiger partial charge in [0.1, 0.15) is 18.0 Å². The molecule has 1 heterocycles. The quantitative estimate of drug-likeness (QED) is 0.617. The van der Waals surface area contributed by atoms with Crippen molar-refractivity contribution in [2.45, 2.75) is 19.9 Å². The molecule has 8 nitrogen and oxygen atoms in total. The van der Waals surface area contributed by atoms with Gasteiger partial charge in [-0.05, 0) is 13.0 Å². The van der Waals surface area contributed by atoms with Crippen molar-refractivity contribution >= 4 is 28.9 Å². The fraction of sp³-hybridized carbons (Fsp3) is 0.286. The number of methoxy groups -OCH3 is 1. The molecule has 0 bridgehead atoms. The Morgan fingerprint density at radius 2 is 2.20 bits per heavy atom. The smallest absolute Gasteiger partial charge is 0.283 e. The van der Waals surface area contributed by atoms with Gasteiger partial charge in [-0.15, -0.1) is 0 Å². The molecular formula is C14H13ClF2N4O4. The summed E-state index contributed by atoms with van der Waals surface area (Å²) in [6, 6.07) is 3.66. The number of nitrogens with one attached hydrogen (secondary N) is 1. The second-order valence-electron chi connectivity index (χ2n) is 4.93. The Morgan fingerprint density at radius 1 is 1.52 bits per heavy atom. The summed E-state index contributed by atoms with van der Waals surface area (Å²) in [5.41, 5.74) is -0.378. The number of ether oxygens (including phenoxy) is 1. The van der Waals surface area contributed by atoms with Crippen LogP contribution in [0.25, 0.3) is 0 Å². The Bertz CT molecular complexity index is 825. The molecular weight excluding hydrogens is 362 g/mol. The molecule has 0 unspecified atom stereocenters. The van der Waals surface area contributed by atoms with Crippen molar-refractivity contribution in [3.8, 4) is 5.75 Å². The van der Waals surface area contributed by atoms with Gasteiger partial charge in [-0.1, -0.05) is 11.6 Å². The second-order valence-corrected chi connectivity index (χ2v) is 5.31. The third-order valence-corrected chi connectivity index (χ3v) is 3.80.